The van der Waals surface area contributed by atoms with Crippen LogP contribution in [0.15, 0.2) is 0 Å². The second-order valence-corrected chi connectivity index (χ2v) is 10.5. The number of hydrogen-bond donors (Lipinski definition) is 2. The maximum Gasteiger partial charge on any atom is 0.329 e. The van der Waals surface area contributed by atoms with Crippen molar-refractivity contribution >= 4 is 23.8 Å². The first-order valence-electron chi connectivity index (χ1n) is 10.5. The summed E-state index contributed by atoms with van der Waals surface area (Å²) >= 11 is 0. The van der Waals surface area contributed by atoms with E-state index in [9.17, 15) is 19.2 Å². The molecule has 2 atom stereocenters. The summed E-state index contributed by atoms with van der Waals surface area (Å²) in [7, 11) is 0. The predicted molar refractivity (Wildman–Crippen MR) is 116 cm³/mol. The van der Waals surface area contributed by atoms with Crippen LogP contribution in [-0.4, -0.2) is 52.7 Å². The molecule has 0 saturated carbocycles. The molecule has 31 heavy (non-hydrogen) atoms. The fourth-order valence-corrected chi connectivity index (χ4v) is 2.32. The van der Waals surface area contributed by atoms with E-state index >= 15 is 0 Å². The number of carbonyl (C=O) groups is 4. The molecule has 0 aromatic heterocycles. The Kier molecular flexibility index (Phi) is 10.7. The number of nitrogens with two attached hydrogens (primary N) is 1. The van der Waals surface area contributed by atoms with Gasteiger partial charge in [0.1, 0.15) is 28.9 Å². The highest BCUT2D eigenvalue weighted by atomic mass is 16.6. The molecule has 3 N–H and O–H groups in total. The van der Waals surface area contributed by atoms with Crippen molar-refractivity contribution in [2.75, 3.05) is 0 Å². The van der Waals surface area contributed by atoms with Crippen LogP contribution >= 0.6 is 0 Å². The van der Waals surface area contributed by atoms with Gasteiger partial charge in [0.15, 0.2) is 0 Å². The Labute approximate surface area is 185 Å². The van der Waals surface area contributed by atoms with E-state index in [2.05, 4.69) is 5.32 Å². The van der Waals surface area contributed by atoms with E-state index < -0.39 is 52.7 Å². The summed E-state index contributed by atoms with van der Waals surface area (Å²) in [5.41, 5.74) is 3.70. The van der Waals surface area contributed by atoms with Crippen molar-refractivity contribution in [2.24, 2.45) is 5.73 Å². The summed E-state index contributed by atoms with van der Waals surface area (Å²) in [4.78, 5) is 48.8. The minimum Gasteiger partial charge on any atom is -0.460 e. The van der Waals surface area contributed by atoms with E-state index in [1.807, 2.05) is 0 Å². The molecular weight excluding hydrogens is 404 g/mol. The van der Waals surface area contributed by atoms with Crippen molar-refractivity contribution in [1.29, 1.82) is 0 Å². The standard InChI is InChI=1S/C22H40N2O7/c1-20(2,3)29-17(26)13-11-15(19(28)31-22(7,8)9)24-16(25)12-10-14(23)18(27)30-21(4,5)6/h14-15H,10-13,23H2,1-9H3,(H,24,25)/t14-,15-/m1/s1. The van der Waals surface area contributed by atoms with E-state index in [0.29, 0.717) is 0 Å². The van der Waals surface area contributed by atoms with Crippen molar-refractivity contribution in [3.63, 3.8) is 0 Å². The van der Waals surface area contributed by atoms with Crippen molar-refractivity contribution in [3.8, 4) is 0 Å². The summed E-state index contributed by atoms with van der Waals surface area (Å²) < 4.78 is 15.8. The first-order valence-corrected chi connectivity index (χ1v) is 10.5. The number of amides is 1. The molecule has 0 spiro atoms. The Morgan fingerprint density at radius 2 is 1.16 bits per heavy atom. The SMILES string of the molecule is CC(C)(C)OC(=O)CC[C@@H](NC(=O)CC[C@@H](N)C(=O)OC(C)(C)C)C(=O)OC(C)(C)C. The van der Waals surface area contributed by atoms with Crippen LogP contribution in [0.2, 0.25) is 0 Å². The molecule has 0 saturated heterocycles. The van der Waals surface area contributed by atoms with Gasteiger partial charge in [0.2, 0.25) is 5.91 Å². The first kappa shape index (κ1) is 28.8. The molecule has 0 aromatic carbocycles. The number of ether oxygens (including phenoxy) is 3. The fourth-order valence-electron chi connectivity index (χ4n) is 2.32. The molecule has 0 rings (SSSR count). The smallest absolute Gasteiger partial charge is 0.329 e. The minimum absolute atomic E-state index is 0.0215. The van der Waals surface area contributed by atoms with Gasteiger partial charge < -0.3 is 25.3 Å². The Hall–Kier alpha value is -2.16. The maximum absolute atomic E-state index is 12.5. The third kappa shape index (κ3) is 15.3. The largest absolute Gasteiger partial charge is 0.460 e. The lowest BCUT2D eigenvalue weighted by molar-refractivity contribution is -0.161. The van der Waals surface area contributed by atoms with Crippen molar-refractivity contribution in [2.45, 2.75) is 117 Å². The molecule has 0 aliphatic carbocycles. The number of esters is 3. The van der Waals surface area contributed by atoms with Gasteiger partial charge in [-0.2, -0.15) is 0 Å². The Morgan fingerprint density at radius 1 is 0.710 bits per heavy atom. The third-order valence-electron chi connectivity index (χ3n) is 3.48. The third-order valence-corrected chi connectivity index (χ3v) is 3.48. The van der Waals surface area contributed by atoms with Crippen LogP contribution in [0.25, 0.3) is 0 Å². The maximum atomic E-state index is 12.5. The van der Waals surface area contributed by atoms with Crippen LogP contribution in [0.1, 0.15) is 88.0 Å². The average Bonchev–Trinajstić information content (AvgIpc) is 2.51. The molecule has 0 aliphatic rings. The Morgan fingerprint density at radius 3 is 1.61 bits per heavy atom. The Balaban J connectivity index is 4.93. The highest BCUT2D eigenvalue weighted by Crippen LogP contribution is 2.14. The average molecular weight is 445 g/mol. The molecule has 0 radical (unpaired) electrons. The van der Waals surface area contributed by atoms with Crippen LogP contribution in [0, 0.1) is 0 Å². The monoisotopic (exact) mass is 444 g/mol. The molecule has 0 unspecified atom stereocenters. The van der Waals surface area contributed by atoms with E-state index in [1.165, 1.54) is 0 Å². The minimum atomic E-state index is -1.03. The Bertz CT molecular complexity index is 640. The van der Waals surface area contributed by atoms with Crippen LogP contribution < -0.4 is 11.1 Å². The lowest BCUT2D eigenvalue weighted by Crippen LogP contribution is -2.45. The summed E-state index contributed by atoms with van der Waals surface area (Å²) in [6.45, 7) is 15.5. The molecule has 0 aliphatic heterocycles. The van der Waals surface area contributed by atoms with Crippen LogP contribution in [0.3, 0.4) is 0 Å². The van der Waals surface area contributed by atoms with Gasteiger partial charge in [0.05, 0.1) is 0 Å². The van der Waals surface area contributed by atoms with Crippen LogP contribution in [0.4, 0.5) is 0 Å². The van der Waals surface area contributed by atoms with Gasteiger partial charge in [0, 0.05) is 12.8 Å². The second-order valence-electron chi connectivity index (χ2n) is 10.5. The lowest BCUT2D eigenvalue weighted by Gasteiger charge is -2.25. The topological polar surface area (TPSA) is 134 Å². The number of carbonyl (C=O) groups excluding carboxylic acids is 4. The zero-order valence-electron chi connectivity index (χ0n) is 20.4. The molecule has 1 amide bonds. The summed E-state index contributed by atoms with van der Waals surface area (Å²) in [5.74, 6) is -2.23. The van der Waals surface area contributed by atoms with Gasteiger partial charge in [0.25, 0.3) is 0 Å². The van der Waals surface area contributed by atoms with E-state index in [0.717, 1.165) is 0 Å². The fraction of sp³-hybridized carbons (Fsp3) is 0.818. The highest BCUT2D eigenvalue weighted by molar-refractivity contribution is 5.85. The van der Waals surface area contributed by atoms with Gasteiger partial charge in [-0.25, -0.2) is 4.79 Å². The quantitative estimate of drug-likeness (QED) is 0.409. The zero-order chi connectivity index (χ0) is 24.6. The molecule has 180 valence electrons. The summed E-state index contributed by atoms with van der Waals surface area (Å²) in [6.07, 6.45) is -0.0907. The summed E-state index contributed by atoms with van der Waals surface area (Å²) in [6, 6.07) is -2.00. The van der Waals surface area contributed by atoms with Gasteiger partial charge >= 0.3 is 17.9 Å². The highest BCUT2D eigenvalue weighted by Gasteiger charge is 2.29. The van der Waals surface area contributed by atoms with E-state index in [-0.39, 0.29) is 25.7 Å². The van der Waals surface area contributed by atoms with Crippen molar-refractivity contribution in [1.82, 2.24) is 5.32 Å². The van der Waals surface area contributed by atoms with Crippen LogP contribution in [0.5, 0.6) is 0 Å². The molecular formula is C22H40N2O7. The molecule has 0 heterocycles. The van der Waals surface area contributed by atoms with Crippen molar-refractivity contribution < 1.29 is 33.4 Å². The lowest BCUT2D eigenvalue weighted by atomic mass is 10.1. The van der Waals surface area contributed by atoms with Gasteiger partial charge in [-0.1, -0.05) is 0 Å². The first-order chi connectivity index (χ1) is 13.8. The normalized spacial score (nSPS) is 14.3. The van der Waals surface area contributed by atoms with Gasteiger partial charge in [-0.05, 0) is 75.2 Å². The molecule has 9 nitrogen and oxygen atoms in total. The predicted octanol–water partition coefficient (Wildman–Crippen LogP) is 2.38. The van der Waals surface area contributed by atoms with Crippen LogP contribution in [-0.2, 0) is 33.4 Å². The number of nitrogens with one attached hydrogen (secondary N) is 1. The van der Waals surface area contributed by atoms with Gasteiger partial charge in [-0.3, -0.25) is 14.4 Å². The van der Waals surface area contributed by atoms with E-state index in [1.54, 1.807) is 62.3 Å². The summed E-state index contributed by atoms with van der Waals surface area (Å²) in [5, 5.41) is 2.57. The molecule has 9 heteroatoms. The molecule has 0 bridgehead atoms. The number of rotatable bonds is 9. The number of hydrogen-bond acceptors (Lipinski definition) is 8. The molecule has 0 fully saturated rings. The van der Waals surface area contributed by atoms with Gasteiger partial charge in [-0.15, -0.1) is 0 Å². The van der Waals surface area contributed by atoms with Crippen molar-refractivity contribution in [3.05, 3.63) is 0 Å². The zero-order valence-corrected chi connectivity index (χ0v) is 20.4. The molecule has 0 aromatic rings. The second kappa shape index (κ2) is 11.5. The van der Waals surface area contributed by atoms with E-state index in [4.69, 9.17) is 19.9 Å².